The molecular weight excluding hydrogens is 263 g/mol. The second kappa shape index (κ2) is 3.80. The predicted molar refractivity (Wildman–Crippen MR) is 42.9 cm³/mol. The smallest absolute Gasteiger partial charge is 0.203 e. The number of fused-ring (bicyclic) bond motifs is 1. The summed E-state index contributed by atoms with van der Waals surface area (Å²) in [5.74, 6) is 0. The van der Waals surface area contributed by atoms with Crippen molar-refractivity contribution in [3.05, 3.63) is 36.7 Å². The molecule has 1 aromatic carbocycles. The predicted octanol–water partition coefficient (Wildman–Crippen LogP) is -1.94. The summed E-state index contributed by atoms with van der Waals surface area (Å²) in [4.78, 5) is 0. The number of hydrogen-bond acceptors (Lipinski definition) is 1. The molecule has 0 aliphatic carbocycles. The van der Waals surface area contributed by atoms with Gasteiger partial charge in [-0.05, 0) is 11.2 Å². The lowest BCUT2D eigenvalue weighted by Gasteiger charge is -1.90. The molecule has 0 bridgehead atoms. The Kier molecular flexibility index (Phi) is 2.97. The summed E-state index contributed by atoms with van der Waals surface area (Å²) in [5.41, 5.74) is 0. The average molecular weight is 272 g/mol. The van der Waals surface area contributed by atoms with Crippen molar-refractivity contribution in [3.63, 3.8) is 0 Å². The van der Waals surface area contributed by atoms with Crippen LogP contribution in [0.15, 0.2) is 36.7 Å². The summed E-state index contributed by atoms with van der Waals surface area (Å²) in [6.07, 6.45) is 3.88. The van der Waals surface area contributed by atoms with Gasteiger partial charge >= 0.3 is 0 Å². The summed E-state index contributed by atoms with van der Waals surface area (Å²) in [6.45, 7) is 0. The van der Waals surface area contributed by atoms with Gasteiger partial charge in [0.2, 0.25) is 6.20 Å². The third kappa shape index (κ3) is 1.72. The van der Waals surface area contributed by atoms with E-state index in [9.17, 15) is 0 Å². The van der Waals surface area contributed by atoms with Crippen molar-refractivity contribution < 1.29 is 28.7 Å². The van der Waals surface area contributed by atoms with Gasteiger partial charge in [-0.3, -0.25) is 0 Å². The minimum absolute atomic E-state index is 0. The molecule has 2 nitrogen and oxygen atoms in total. The van der Waals surface area contributed by atoms with Crippen LogP contribution in [0.2, 0.25) is 0 Å². The van der Waals surface area contributed by atoms with Crippen molar-refractivity contribution in [2.45, 2.75) is 0 Å². The lowest BCUT2D eigenvalue weighted by atomic mass is 10.2. The number of benzene rings is 1. The zero-order valence-corrected chi connectivity index (χ0v) is 8.89. The molecule has 0 spiro atoms. The molecule has 0 atom stereocenters. The third-order valence-electron chi connectivity index (χ3n) is 1.70. The van der Waals surface area contributed by atoms with Gasteiger partial charge < -0.3 is 24.0 Å². The molecule has 0 N–H and O–H groups in total. The number of rotatable bonds is 0. The summed E-state index contributed by atoms with van der Waals surface area (Å²) < 4.78 is 1.81. The molecule has 12 heavy (non-hydrogen) atoms. The van der Waals surface area contributed by atoms with Gasteiger partial charge in [0.25, 0.3) is 0 Å². The van der Waals surface area contributed by atoms with E-state index in [0.29, 0.717) is 0 Å². The first-order valence-electron chi connectivity index (χ1n) is 3.57. The Morgan fingerprint density at radius 3 is 2.58 bits per heavy atom. The first-order valence-corrected chi connectivity index (χ1v) is 3.57. The largest absolute Gasteiger partial charge is 1.00 e. The van der Waals surface area contributed by atoms with E-state index in [2.05, 4.69) is 17.2 Å². The van der Waals surface area contributed by atoms with E-state index >= 15 is 0 Å². The first-order chi connectivity index (χ1) is 5.36. The molecular formula is C9H9IN2. The number of nitrogens with zero attached hydrogens (tertiary/aromatic N) is 2. The Morgan fingerprint density at radius 1 is 1.17 bits per heavy atom. The Labute approximate surface area is 88.2 Å². The summed E-state index contributed by atoms with van der Waals surface area (Å²) >= 11 is 0. The highest BCUT2D eigenvalue weighted by Crippen LogP contribution is 2.07. The lowest BCUT2D eigenvalue weighted by molar-refractivity contribution is -0.729. The highest BCUT2D eigenvalue weighted by Gasteiger charge is 1.96. The summed E-state index contributed by atoms with van der Waals surface area (Å²) in [5, 5.41) is 6.54. The van der Waals surface area contributed by atoms with E-state index < -0.39 is 0 Å². The van der Waals surface area contributed by atoms with Crippen LogP contribution in [-0.4, -0.2) is 5.10 Å². The molecule has 2 aromatic rings. The van der Waals surface area contributed by atoms with Gasteiger partial charge in [0.15, 0.2) is 7.05 Å². The summed E-state index contributed by atoms with van der Waals surface area (Å²) in [6, 6.07) is 8.19. The molecule has 1 heterocycles. The van der Waals surface area contributed by atoms with Crippen LogP contribution in [0.25, 0.3) is 10.8 Å². The standard InChI is InChI=1S/C9H9N2.HI/c1-11-7-9-5-3-2-4-8(9)6-10-11;/h2-7H,1H3;1H/q+1;/p-1. The van der Waals surface area contributed by atoms with E-state index in [-0.39, 0.29) is 24.0 Å². The average Bonchev–Trinajstić information content (AvgIpc) is 2.04. The Morgan fingerprint density at radius 2 is 1.83 bits per heavy atom. The first kappa shape index (κ1) is 9.38. The minimum Gasteiger partial charge on any atom is -1.00 e. The fourth-order valence-electron chi connectivity index (χ4n) is 1.13. The molecule has 0 aliphatic rings. The van der Waals surface area contributed by atoms with E-state index in [4.69, 9.17) is 0 Å². The highest BCUT2D eigenvalue weighted by molar-refractivity contribution is 5.79. The molecule has 0 radical (unpaired) electrons. The molecule has 0 aliphatic heterocycles. The Bertz CT molecular complexity index is 387. The van der Waals surface area contributed by atoms with Crippen molar-refractivity contribution in [1.82, 2.24) is 5.10 Å². The van der Waals surface area contributed by atoms with Crippen molar-refractivity contribution in [2.75, 3.05) is 0 Å². The van der Waals surface area contributed by atoms with Gasteiger partial charge in [0.1, 0.15) is 6.20 Å². The van der Waals surface area contributed by atoms with Crippen LogP contribution in [0.3, 0.4) is 0 Å². The number of aryl methyl sites for hydroxylation is 1. The molecule has 2 rings (SSSR count). The maximum atomic E-state index is 4.12. The number of hydrogen-bond donors (Lipinski definition) is 0. The number of aromatic nitrogens is 2. The molecule has 0 amide bonds. The van der Waals surface area contributed by atoms with Gasteiger partial charge in [-0.2, -0.15) is 0 Å². The maximum absolute atomic E-state index is 4.12. The van der Waals surface area contributed by atoms with Crippen LogP contribution in [-0.2, 0) is 7.05 Å². The molecule has 62 valence electrons. The highest BCUT2D eigenvalue weighted by atomic mass is 127. The zero-order chi connectivity index (χ0) is 7.68. The third-order valence-corrected chi connectivity index (χ3v) is 1.70. The summed E-state index contributed by atoms with van der Waals surface area (Å²) in [7, 11) is 1.92. The second-order valence-corrected chi connectivity index (χ2v) is 2.58. The van der Waals surface area contributed by atoms with E-state index in [1.807, 2.05) is 36.3 Å². The number of halogens is 1. The van der Waals surface area contributed by atoms with Crippen LogP contribution in [0.5, 0.6) is 0 Å². The molecule has 1 aromatic heterocycles. The fraction of sp³-hybridized carbons (Fsp3) is 0.111. The SMILES string of the molecule is C[n+]1cc2ccccc2cn1.[I-]. The monoisotopic (exact) mass is 272 g/mol. The molecule has 0 saturated carbocycles. The van der Waals surface area contributed by atoms with Crippen LogP contribution in [0, 0.1) is 0 Å². The van der Waals surface area contributed by atoms with Gasteiger partial charge in [-0.15, -0.1) is 0 Å². The van der Waals surface area contributed by atoms with Gasteiger partial charge in [-0.1, -0.05) is 22.9 Å². The van der Waals surface area contributed by atoms with Crippen molar-refractivity contribution in [2.24, 2.45) is 7.05 Å². The van der Waals surface area contributed by atoms with Gasteiger partial charge in [-0.25, -0.2) is 0 Å². The van der Waals surface area contributed by atoms with Crippen molar-refractivity contribution >= 4 is 10.8 Å². The Hall–Kier alpha value is -0.710. The molecule has 0 saturated heterocycles. The molecule has 0 unspecified atom stereocenters. The van der Waals surface area contributed by atoms with E-state index in [1.165, 1.54) is 10.8 Å². The fourth-order valence-corrected chi connectivity index (χ4v) is 1.13. The van der Waals surface area contributed by atoms with Crippen LogP contribution in [0.4, 0.5) is 0 Å². The minimum atomic E-state index is 0. The van der Waals surface area contributed by atoms with E-state index in [1.54, 1.807) is 0 Å². The Balaban J connectivity index is 0.000000720. The van der Waals surface area contributed by atoms with Crippen LogP contribution >= 0.6 is 0 Å². The quantitative estimate of drug-likeness (QED) is 0.403. The van der Waals surface area contributed by atoms with Gasteiger partial charge in [0, 0.05) is 10.8 Å². The van der Waals surface area contributed by atoms with Crippen LogP contribution < -0.4 is 28.7 Å². The van der Waals surface area contributed by atoms with Crippen molar-refractivity contribution in [1.29, 1.82) is 0 Å². The normalized spacial score (nSPS) is 9.42. The topological polar surface area (TPSA) is 16.8 Å². The van der Waals surface area contributed by atoms with Crippen molar-refractivity contribution in [3.8, 4) is 0 Å². The van der Waals surface area contributed by atoms with Crippen LogP contribution in [0.1, 0.15) is 0 Å². The lowest BCUT2D eigenvalue weighted by Crippen LogP contribution is -3.00. The van der Waals surface area contributed by atoms with E-state index in [0.717, 1.165) is 0 Å². The molecule has 3 heteroatoms. The van der Waals surface area contributed by atoms with Gasteiger partial charge in [0.05, 0.1) is 0 Å². The zero-order valence-electron chi connectivity index (χ0n) is 6.74. The maximum Gasteiger partial charge on any atom is 0.203 e. The second-order valence-electron chi connectivity index (χ2n) is 2.58. The molecule has 0 fully saturated rings.